The van der Waals surface area contributed by atoms with E-state index in [1.807, 2.05) is 49.4 Å². The lowest BCUT2D eigenvalue weighted by molar-refractivity contribution is -0.143. The van der Waals surface area contributed by atoms with E-state index in [0.717, 1.165) is 11.1 Å². The number of alkyl halides is 8. The third-order valence-electron chi connectivity index (χ3n) is 7.78. The van der Waals surface area contributed by atoms with Gasteiger partial charge in [0.05, 0.1) is 46.4 Å². The van der Waals surface area contributed by atoms with Gasteiger partial charge < -0.3 is 20.0 Å². The van der Waals surface area contributed by atoms with Gasteiger partial charge in [-0.1, -0.05) is 66.2 Å². The second-order valence-corrected chi connectivity index (χ2v) is 12.1. The van der Waals surface area contributed by atoms with Crippen LogP contribution in [0.15, 0.2) is 77.5 Å². The molecule has 0 saturated heterocycles. The number of allylic oxidation sites excluding steroid dienone is 4. The first-order valence-corrected chi connectivity index (χ1v) is 15.6. The Labute approximate surface area is 275 Å². The van der Waals surface area contributed by atoms with E-state index >= 15 is 0 Å². The van der Waals surface area contributed by atoms with Crippen molar-refractivity contribution in [3.05, 3.63) is 94.6 Å². The van der Waals surface area contributed by atoms with Crippen LogP contribution in [0.5, 0.6) is 0 Å². The summed E-state index contributed by atoms with van der Waals surface area (Å²) in [5.74, 6) is -0.300. The molecule has 2 aromatic rings. The van der Waals surface area contributed by atoms with Crippen molar-refractivity contribution in [2.24, 2.45) is 11.1 Å². The zero-order chi connectivity index (χ0) is 34.0. The van der Waals surface area contributed by atoms with Crippen molar-refractivity contribution in [3.63, 3.8) is 0 Å². The van der Waals surface area contributed by atoms with E-state index in [1.54, 1.807) is 6.08 Å². The second kappa shape index (κ2) is 17.0. The number of halogens is 8. The van der Waals surface area contributed by atoms with E-state index in [9.17, 15) is 31.4 Å². The van der Waals surface area contributed by atoms with E-state index in [2.05, 4.69) is 10.5 Å². The number of nitrogens with zero attached hydrogens (tertiary/aromatic N) is 1. The minimum absolute atomic E-state index is 0.0759. The smallest absolute Gasteiger partial charge is 0.399 e. The Morgan fingerprint density at radius 1 is 0.957 bits per heavy atom. The van der Waals surface area contributed by atoms with Crippen molar-refractivity contribution in [1.29, 1.82) is 0 Å². The van der Waals surface area contributed by atoms with Gasteiger partial charge in [0.2, 0.25) is 0 Å². The zero-order valence-corrected chi connectivity index (χ0v) is 27.0. The number of nitrogens with one attached hydrogen (secondary N) is 1. The highest BCUT2D eigenvalue weighted by Gasteiger charge is 2.37. The normalized spacial score (nSPS) is 19.5. The SMILES string of the molecule is CCC(O)(CCNCCC(CC1=CC(Cl)C(Cl)C=C1)/C(COCc1cc(C(F)(F)F)cc(C(F)(F)F)c1)=N/OC)c1ccccc1. The average Bonchev–Trinajstić information content (AvgIpc) is 3.01. The predicted octanol–water partition coefficient (Wildman–Crippen LogP) is 8.63. The standard InChI is InChI=1S/C33H38Cl2F6N2O3/c1-3-31(44,25-7-5-4-6-8-25)12-14-42-13-11-24(15-22-9-10-28(34)29(35)18-22)30(43-45-2)21-46-20-23-16-26(32(36,37)38)19-27(17-23)33(39,40)41/h4-10,16-19,24,28-29,42,44H,3,11-15,20-21H2,1-2H3/b43-30+. The fourth-order valence-electron chi connectivity index (χ4n) is 5.16. The first-order valence-electron chi connectivity index (χ1n) is 14.8. The highest BCUT2D eigenvalue weighted by molar-refractivity contribution is 6.31. The Balaban J connectivity index is 1.72. The van der Waals surface area contributed by atoms with Gasteiger partial charge >= 0.3 is 12.4 Å². The second-order valence-electron chi connectivity index (χ2n) is 11.1. The maximum atomic E-state index is 13.3. The van der Waals surface area contributed by atoms with Crippen LogP contribution >= 0.6 is 23.2 Å². The molecule has 254 valence electrons. The third-order valence-corrected chi connectivity index (χ3v) is 8.72. The Bertz CT molecular complexity index is 1320. The van der Waals surface area contributed by atoms with Gasteiger partial charge in [-0.05, 0) is 68.1 Å². The van der Waals surface area contributed by atoms with Crippen molar-refractivity contribution in [1.82, 2.24) is 5.32 Å². The van der Waals surface area contributed by atoms with Crippen LogP contribution < -0.4 is 5.32 Å². The lowest BCUT2D eigenvalue weighted by Gasteiger charge is -2.28. The van der Waals surface area contributed by atoms with Crippen LogP contribution in [0.3, 0.4) is 0 Å². The van der Waals surface area contributed by atoms with E-state index in [-0.39, 0.29) is 29.5 Å². The summed E-state index contributed by atoms with van der Waals surface area (Å²) in [7, 11) is 1.33. The van der Waals surface area contributed by atoms with Crippen molar-refractivity contribution in [3.8, 4) is 0 Å². The van der Waals surface area contributed by atoms with Crippen LogP contribution in [0, 0.1) is 5.92 Å². The molecule has 0 saturated carbocycles. The molecular weight excluding hydrogens is 657 g/mol. The number of oxime groups is 1. The van der Waals surface area contributed by atoms with Gasteiger partial charge in [-0.2, -0.15) is 26.3 Å². The molecule has 5 nitrogen and oxygen atoms in total. The van der Waals surface area contributed by atoms with Gasteiger partial charge in [0, 0.05) is 5.92 Å². The highest BCUT2D eigenvalue weighted by Crippen LogP contribution is 2.36. The number of benzene rings is 2. The van der Waals surface area contributed by atoms with Gasteiger partial charge in [-0.15, -0.1) is 23.2 Å². The highest BCUT2D eigenvalue weighted by atomic mass is 35.5. The fraction of sp³-hybridized carbons (Fsp3) is 0.485. The first kappa shape index (κ1) is 37.9. The van der Waals surface area contributed by atoms with Crippen molar-refractivity contribution < 1.29 is 41.0 Å². The average molecular weight is 696 g/mol. The van der Waals surface area contributed by atoms with Crippen LogP contribution in [-0.4, -0.2) is 48.4 Å². The van der Waals surface area contributed by atoms with Crippen molar-refractivity contribution in [2.75, 3.05) is 26.8 Å². The molecule has 0 amide bonds. The third kappa shape index (κ3) is 11.3. The molecule has 13 heteroatoms. The molecular formula is C33H38Cl2F6N2O3. The summed E-state index contributed by atoms with van der Waals surface area (Å²) in [6.07, 6.45) is -2.51. The molecule has 0 spiro atoms. The Kier molecular flexibility index (Phi) is 14.0. The molecule has 4 atom stereocenters. The number of aliphatic hydroxyl groups is 1. The minimum Gasteiger partial charge on any atom is -0.399 e. The zero-order valence-electron chi connectivity index (χ0n) is 25.5. The molecule has 0 aromatic heterocycles. The molecule has 1 aliphatic rings. The molecule has 3 rings (SSSR count). The molecule has 1 aliphatic carbocycles. The Morgan fingerprint density at radius 2 is 1.61 bits per heavy atom. The fourth-order valence-corrected chi connectivity index (χ4v) is 5.55. The van der Waals surface area contributed by atoms with E-state index in [1.165, 1.54) is 7.11 Å². The molecule has 0 aliphatic heterocycles. The van der Waals surface area contributed by atoms with Crippen LogP contribution in [0.4, 0.5) is 26.3 Å². The molecule has 2 aromatic carbocycles. The Hall–Kier alpha value is -2.57. The lowest BCUT2D eigenvalue weighted by atomic mass is 9.87. The summed E-state index contributed by atoms with van der Waals surface area (Å²) in [6.45, 7) is 2.20. The number of hydrogen-bond donors (Lipinski definition) is 2. The van der Waals surface area contributed by atoms with Crippen molar-refractivity contribution >= 4 is 28.9 Å². The number of ether oxygens (including phenoxy) is 1. The van der Waals surface area contributed by atoms with Gasteiger partial charge in [-0.3, -0.25) is 0 Å². The monoisotopic (exact) mass is 694 g/mol. The van der Waals surface area contributed by atoms with Gasteiger partial charge in [0.15, 0.2) is 0 Å². The van der Waals surface area contributed by atoms with Gasteiger partial charge in [-0.25, -0.2) is 0 Å². The van der Waals surface area contributed by atoms with E-state index in [4.69, 9.17) is 32.8 Å². The molecule has 0 heterocycles. The summed E-state index contributed by atoms with van der Waals surface area (Å²) in [4.78, 5) is 5.05. The molecule has 0 fully saturated rings. The van der Waals surface area contributed by atoms with Crippen molar-refractivity contribution in [2.45, 2.75) is 67.9 Å². The molecule has 2 N–H and O–H groups in total. The quantitative estimate of drug-likeness (QED) is 0.0607. The van der Waals surface area contributed by atoms with E-state index in [0.29, 0.717) is 56.6 Å². The van der Waals surface area contributed by atoms with Crippen LogP contribution in [0.25, 0.3) is 0 Å². The molecule has 0 radical (unpaired) electrons. The summed E-state index contributed by atoms with van der Waals surface area (Å²) in [5.41, 5.74) is -1.99. The summed E-state index contributed by atoms with van der Waals surface area (Å²) >= 11 is 12.5. The topological polar surface area (TPSA) is 63.1 Å². The maximum absolute atomic E-state index is 13.3. The van der Waals surface area contributed by atoms with E-state index < -0.39 is 41.1 Å². The maximum Gasteiger partial charge on any atom is 0.416 e. The largest absolute Gasteiger partial charge is 0.416 e. The molecule has 46 heavy (non-hydrogen) atoms. The minimum atomic E-state index is -4.96. The van der Waals surface area contributed by atoms with Crippen LogP contribution in [0.1, 0.15) is 54.9 Å². The lowest BCUT2D eigenvalue weighted by Crippen LogP contribution is -2.32. The summed E-state index contributed by atoms with van der Waals surface area (Å²) in [5, 5.41) is 17.8. The molecule has 4 unspecified atom stereocenters. The summed E-state index contributed by atoms with van der Waals surface area (Å²) < 4.78 is 85.6. The van der Waals surface area contributed by atoms with Gasteiger partial charge in [0.25, 0.3) is 0 Å². The molecule has 0 bridgehead atoms. The van der Waals surface area contributed by atoms with Crippen LogP contribution in [-0.2, 0) is 34.1 Å². The number of rotatable bonds is 16. The van der Waals surface area contributed by atoms with Crippen LogP contribution in [0.2, 0.25) is 0 Å². The Morgan fingerprint density at radius 3 is 2.17 bits per heavy atom. The predicted molar refractivity (Wildman–Crippen MR) is 168 cm³/mol. The van der Waals surface area contributed by atoms with Gasteiger partial charge in [0.1, 0.15) is 7.11 Å². The summed E-state index contributed by atoms with van der Waals surface area (Å²) in [6, 6.07) is 10.8. The first-order chi connectivity index (χ1) is 21.7. The number of hydrogen-bond acceptors (Lipinski definition) is 5.